The fourth-order valence-corrected chi connectivity index (χ4v) is 2.16. The lowest BCUT2D eigenvalue weighted by molar-refractivity contribution is 0.214. The number of aryl methyl sites for hydroxylation is 1. The molecule has 3 aromatic rings. The molecule has 3 rings (SSSR count). The highest BCUT2D eigenvalue weighted by Gasteiger charge is 2.15. The SMILES string of the molecule is Cc1ccc(C(O)c2ccn(-c3ccccc3)n2)cc1F. The molecule has 0 bridgehead atoms. The van der Waals surface area contributed by atoms with Crippen molar-refractivity contribution in [2.45, 2.75) is 13.0 Å². The van der Waals surface area contributed by atoms with Gasteiger partial charge in [0.05, 0.1) is 11.4 Å². The molecular weight excluding hydrogens is 267 g/mol. The maximum absolute atomic E-state index is 13.6. The molecule has 0 saturated carbocycles. The van der Waals surface area contributed by atoms with Crippen LogP contribution in [-0.4, -0.2) is 14.9 Å². The fourth-order valence-electron chi connectivity index (χ4n) is 2.16. The summed E-state index contributed by atoms with van der Waals surface area (Å²) < 4.78 is 15.3. The maximum atomic E-state index is 13.6. The third-order valence-corrected chi connectivity index (χ3v) is 3.42. The van der Waals surface area contributed by atoms with E-state index < -0.39 is 6.10 Å². The number of hydrogen-bond acceptors (Lipinski definition) is 2. The van der Waals surface area contributed by atoms with E-state index in [1.807, 2.05) is 30.3 Å². The van der Waals surface area contributed by atoms with Gasteiger partial charge < -0.3 is 5.11 Å². The summed E-state index contributed by atoms with van der Waals surface area (Å²) >= 11 is 0. The molecule has 0 fully saturated rings. The summed E-state index contributed by atoms with van der Waals surface area (Å²) in [6.07, 6.45) is 0.836. The predicted molar refractivity (Wildman–Crippen MR) is 78.8 cm³/mol. The van der Waals surface area contributed by atoms with Crippen molar-refractivity contribution >= 4 is 0 Å². The van der Waals surface area contributed by atoms with Crippen LogP contribution in [0.15, 0.2) is 60.8 Å². The molecular formula is C17H15FN2O. The van der Waals surface area contributed by atoms with Gasteiger partial charge in [-0.15, -0.1) is 0 Å². The van der Waals surface area contributed by atoms with Crippen LogP contribution < -0.4 is 0 Å². The van der Waals surface area contributed by atoms with Crippen molar-refractivity contribution in [2.24, 2.45) is 0 Å². The van der Waals surface area contributed by atoms with Crippen LogP contribution in [0.5, 0.6) is 0 Å². The topological polar surface area (TPSA) is 38.0 Å². The zero-order valence-corrected chi connectivity index (χ0v) is 11.6. The summed E-state index contributed by atoms with van der Waals surface area (Å²) in [7, 11) is 0. The van der Waals surface area contributed by atoms with E-state index in [1.165, 1.54) is 6.07 Å². The molecule has 21 heavy (non-hydrogen) atoms. The molecule has 106 valence electrons. The quantitative estimate of drug-likeness (QED) is 0.799. The van der Waals surface area contributed by atoms with Gasteiger partial charge in [0, 0.05) is 6.20 Å². The molecule has 0 aliphatic heterocycles. The lowest BCUT2D eigenvalue weighted by atomic mass is 10.0. The molecule has 0 radical (unpaired) electrons. The predicted octanol–water partition coefficient (Wildman–Crippen LogP) is 3.40. The lowest BCUT2D eigenvalue weighted by Gasteiger charge is -2.09. The lowest BCUT2D eigenvalue weighted by Crippen LogP contribution is -2.03. The molecule has 1 aromatic heterocycles. The number of halogens is 1. The Hall–Kier alpha value is -2.46. The Bertz CT molecular complexity index is 752. The van der Waals surface area contributed by atoms with Gasteiger partial charge in [-0.1, -0.05) is 30.3 Å². The standard InChI is InChI=1S/C17H15FN2O/c1-12-7-8-13(11-15(12)18)17(21)16-9-10-20(19-16)14-5-3-2-4-6-14/h2-11,17,21H,1H3. The van der Waals surface area contributed by atoms with Gasteiger partial charge in [-0.2, -0.15) is 5.10 Å². The molecule has 0 aliphatic carbocycles. The third-order valence-electron chi connectivity index (χ3n) is 3.42. The Labute approximate surface area is 122 Å². The minimum Gasteiger partial charge on any atom is -0.382 e. The number of aliphatic hydroxyl groups is 1. The smallest absolute Gasteiger partial charge is 0.126 e. The second-order valence-electron chi connectivity index (χ2n) is 4.93. The second kappa shape index (κ2) is 5.50. The number of hydrogen-bond donors (Lipinski definition) is 1. The first kappa shape index (κ1) is 13.5. The van der Waals surface area contributed by atoms with E-state index >= 15 is 0 Å². The number of rotatable bonds is 3. The average molecular weight is 282 g/mol. The zero-order valence-electron chi connectivity index (χ0n) is 11.6. The number of benzene rings is 2. The monoisotopic (exact) mass is 282 g/mol. The first-order valence-electron chi connectivity index (χ1n) is 6.70. The molecule has 0 aliphatic rings. The van der Waals surface area contributed by atoms with E-state index in [9.17, 15) is 9.50 Å². The van der Waals surface area contributed by atoms with Crippen molar-refractivity contribution in [3.8, 4) is 5.69 Å². The Morgan fingerprint density at radius 1 is 1.10 bits per heavy atom. The Morgan fingerprint density at radius 2 is 1.86 bits per heavy atom. The van der Waals surface area contributed by atoms with Gasteiger partial charge in [0.15, 0.2) is 0 Å². The molecule has 0 amide bonds. The molecule has 1 N–H and O–H groups in total. The van der Waals surface area contributed by atoms with Gasteiger partial charge in [0.25, 0.3) is 0 Å². The Kier molecular flexibility index (Phi) is 3.54. The van der Waals surface area contributed by atoms with Gasteiger partial charge in [-0.25, -0.2) is 9.07 Å². The average Bonchev–Trinajstić information content (AvgIpc) is 3.00. The van der Waals surface area contributed by atoms with Crippen LogP contribution in [0, 0.1) is 12.7 Å². The van der Waals surface area contributed by atoms with Gasteiger partial charge in [-0.05, 0) is 42.3 Å². The van der Waals surface area contributed by atoms with Gasteiger partial charge in [0.2, 0.25) is 0 Å². The van der Waals surface area contributed by atoms with Gasteiger partial charge in [-0.3, -0.25) is 0 Å². The van der Waals surface area contributed by atoms with E-state index in [1.54, 1.807) is 36.0 Å². The van der Waals surface area contributed by atoms with Crippen LogP contribution in [0.25, 0.3) is 5.69 Å². The summed E-state index contributed by atoms with van der Waals surface area (Å²) in [4.78, 5) is 0. The van der Waals surface area contributed by atoms with E-state index in [0.29, 0.717) is 16.8 Å². The highest BCUT2D eigenvalue weighted by atomic mass is 19.1. The maximum Gasteiger partial charge on any atom is 0.126 e. The second-order valence-corrected chi connectivity index (χ2v) is 4.93. The molecule has 1 heterocycles. The van der Waals surface area contributed by atoms with Crippen molar-refractivity contribution in [1.82, 2.24) is 9.78 Å². The molecule has 4 heteroatoms. The minimum atomic E-state index is -0.940. The van der Waals surface area contributed by atoms with Crippen LogP contribution in [0.2, 0.25) is 0 Å². The summed E-state index contributed by atoms with van der Waals surface area (Å²) in [6, 6.07) is 16.1. The van der Waals surface area contributed by atoms with Crippen LogP contribution in [0.3, 0.4) is 0 Å². The molecule has 0 saturated heterocycles. The van der Waals surface area contributed by atoms with E-state index in [2.05, 4.69) is 5.10 Å². The van der Waals surface area contributed by atoms with Gasteiger partial charge >= 0.3 is 0 Å². The van der Waals surface area contributed by atoms with E-state index in [-0.39, 0.29) is 5.82 Å². The van der Waals surface area contributed by atoms with Crippen LogP contribution in [-0.2, 0) is 0 Å². The number of nitrogens with zero attached hydrogens (tertiary/aromatic N) is 2. The molecule has 1 unspecified atom stereocenters. The van der Waals surface area contributed by atoms with Crippen LogP contribution in [0.1, 0.15) is 22.9 Å². The summed E-state index contributed by atoms with van der Waals surface area (Å²) in [5, 5.41) is 14.7. The Morgan fingerprint density at radius 3 is 2.57 bits per heavy atom. The van der Waals surface area contributed by atoms with E-state index in [0.717, 1.165) is 5.69 Å². The largest absolute Gasteiger partial charge is 0.382 e. The fraction of sp³-hybridized carbons (Fsp3) is 0.118. The van der Waals surface area contributed by atoms with Crippen LogP contribution >= 0.6 is 0 Å². The van der Waals surface area contributed by atoms with Gasteiger partial charge in [0.1, 0.15) is 11.9 Å². The van der Waals surface area contributed by atoms with Crippen molar-refractivity contribution in [1.29, 1.82) is 0 Å². The summed E-state index contributed by atoms with van der Waals surface area (Å²) in [6.45, 7) is 1.69. The highest BCUT2D eigenvalue weighted by Crippen LogP contribution is 2.22. The first-order chi connectivity index (χ1) is 10.1. The summed E-state index contributed by atoms with van der Waals surface area (Å²) in [5.41, 5.74) is 2.45. The zero-order chi connectivity index (χ0) is 14.8. The molecule has 1 atom stereocenters. The number of para-hydroxylation sites is 1. The first-order valence-corrected chi connectivity index (χ1v) is 6.70. The molecule has 3 nitrogen and oxygen atoms in total. The number of aliphatic hydroxyl groups excluding tert-OH is 1. The Balaban J connectivity index is 1.90. The van der Waals surface area contributed by atoms with Crippen molar-refractivity contribution in [3.05, 3.63) is 83.4 Å². The normalized spacial score (nSPS) is 12.3. The highest BCUT2D eigenvalue weighted by molar-refractivity contribution is 5.33. The van der Waals surface area contributed by atoms with Crippen molar-refractivity contribution in [2.75, 3.05) is 0 Å². The van der Waals surface area contributed by atoms with E-state index in [4.69, 9.17) is 0 Å². The summed E-state index contributed by atoms with van der Waals surface area (Å²) in [5.74, 6) is -0.325. The van der Waals surface area contributed by atoms with Crippen molar-refractivity contribution in [3.63, 3.8) is 0 Å². The third kappa shape index (κ3) is 2.71. The minimum absolute atomic E-state index is 0.325. The molecule has 0 spiro atoms. The number of aromatic nitrogens is 2. The van der Waals surface area contributed by atoms with Crippen LogP contribution in [0.4, 0.5) is 4.39 Å². The van der Waals surface area contributed by atoms with Crippen molar-refractivity contribution < 1.29 is 9.50 Å². The molecule has 2 aromatic carbocycles.